The van der Waals surface area contributed by atoms with Gasteiger partial charge < -0.3 is 10.4 Å². The van der Waals surface area contributed by atoms with Gasteiger partial charge in [0.15, 0.2) is 0 Å². The van der Waals surface area contributed by atoms with Crippen LogP contribution < -0.4 is 5.32 Å². The number of nitrogens with zero attached hydrogens (tertiary/aromatic N) is 1. The van der Waals surface area contributed by atoms with E-state index < -0.39 is 0 Å². The fourth-order valence-corrected chi connectivity index (χ4v) is 1.70. The van der Waals surface area contributed by atoms with Crippen LogP contribution in [-0.4, -0.2) is 28.6 Å². The van der Waals surface area contributed by atoms with Crippen LogP contribution in [0.2, 0.25) is 0 Å². The summed E-state index contributed by atoms with van der Waals surface area (Å²) in [5.74, 6) is -0.0605. The van der Waals surface area contributed by atoms with Crippen LogP contribution in [0.1, 0.15) is 42.6 Å². The molecule has 0 saturated heterocycles. The van der Waals surface area contributed by atoms with E-state index >= 15 is 0 Å². The van der Waals surface area contributed by atoms with E-state index in [9.17, 15) is 4.79 Å². The smallest absolute Gasteiger partial charge is 0.251 e. The van der Waals surface area contributed by atoms with E-state index in [1.54, 1.807) is 18.5 Å². The minimum absolute atomic E-state index is 0.0605. The zero-order valence-electron chi connectivity index (χ0n) is 10.4. The summed E-state index contributed by atoms with van der Waals surface area (Å²) in [6.07, 6.45) is 5.65. The second-order valence-electron chi connectivity index (χ2n) is 4.13. The molecule has 1 amide bonds. The maximum absolute atomic E-state index is 12.0. The molecule has 1 heterocycles. The third-order valence-corrected chi connectivity index (χ3v) is 2.70. The number of aromatic nitrogens is 1. The topological polar surface area (TPSA) is 62.2 Å². The molecule has 0 aliphatic carbocycles. The quantitative estimate of drug-likeness (QED) is 0.787. The number of amides is 1. The highest BCUT2D eigenvalue weighted by molar-refractivity contribution is 5.95. The van der Waals surface area contributed by atoms with Gasteiger partial charge in [0.2, 0.25) is 0 Å². The lowest BCUT2D eigenvalue weighted by molar-refractivity contribution is 0.0935. The summed E-state index contributed by atoms with van der Waals surface area (Å²) >= 11 is 0. The molecular weight excluding hydrogens is 216 g/mol. The summed E-state index contributed by atoms with van der Waals surface area (Å²) in [7, 11) is 0. The molecule has 0 radical (unpaired) electrons. The normalized spacial score (nSPS) is 12.2. The highest BCUT2D eigenvalue weighted by Gasteiger charge is 2.12. The fourth-order valence-electron chi connectivity index (χ4n) is 1.70. The molecule has 0 aliphatic rings. The van der Waals surface area contributed by atoms with E-state index in [1.165, 1.54) is 0 Å². The van der Waals surface area contributed by atoms with Crippen molar-refractivity contribution >= 4 is 5.91 Å². The molecule has 4 nitrogen and oxygen atoms in total. The van der Waals surface area contributed by atoms with Gasteiger partial charge in [-0.1, -0.05) is 6.92 Å². The third kappa shape index (κ3) is 4.15. The maximum atomic E-state index is 12.0. The summed E-state index contributed by atoms with van der Waals surface area (Å²) in [5, 5.41) is 11.7. The van der Waals surface area contributed by atoms with Crippen LogP contribution in [0.4, 0.5) is 0 Å². The van der Waals surface area contributed by atoms with Crippen molar-refractivity contribution in [3.05, 3.63) is 29.6 Å². The Hall–Kier alpha value is -1.42. The second kappa shape index (κ2) is 7.01. The molecule has 1 unspecified atom stereocenters. The van der Waals surface area contributed by atoms with Gasteiger partial charge in [-0.3, -0.25) is 9.78 Å². The second-order valence-corrected chi connectivity index (χ2v) is 4.13. The standard InChI is InChI=1S/C13H20N2O2/c1-3-11-9-14-7-6-12(11)13(17)15-10(2)5-4-8-16/h6-7,9-10,16H,3-5,8H2,1-2H3,(H,15,17). The van der Waals surface area contributed by atoms with Gasteiger partial charge in [0.05, 0.1) is 0 Å². The van der Waals surface area contributed by atoms with Crippen molar-refractivity contribution in [2.24, 2.45) is 0 Å². The molecule has 1 aromatic heterocycles. The van der Waals surface area contributed by atoms with Crippen molar-refractivity contribution in [2.45, 2.75) is 39.2 Å². The molecule has 0 fully saturated rings. The number of aliphatic hydroxyl groups excluding tert-OH is 1. The van der Waals surface area contributed by atoms with Crippen LogP contribution >= 0.6 is 0 Å². The first-order valence-electron chi connectivity index (χ1n) is 6.03. The Morgan fingerprint density at radius 1 is 1.59 bits per heavy atom. The Kier molecular flexibility index (Phi) is 5.63. The van der Waals surface area contributed by atoms with Gasteiger partial charge in [-0.2, -0.15) is 0 Å². The van der Waals surface area contributed by atoms with Gasteiger partial charge in [-0.05, 0) is 37.8 Å². The number of rotatable bonds is 6. The van der Waals surface area contributed by atoms with Gasteiger partial charge >= 0.3 is 0 Å². The van der Waals surface area contributed by atoms with Crippen LogP contribution in [0.5, 0.6) is 0 Å². The van der Waals surface area contributed by atoms with Gasteiger partial charge in [0.1, 0.15) is 0 Å². The minimum Gasteiger partial charge on any atom is -0.396 e. The number of aryl methyl sites for hydroxylation is 1. The summed E-state index contributed by atoms with van der Waals surface area (Å²) in [4.78, 5) is 16.0. The highest BCUT2D eigenvalue weighted by atomic mass is 16.2. The van der Waals surface area contributed by atoms with E-state index in [4.69, 9.17) is 5.11 Å². The van der Waals surface area contributed by atoms with Crippen molar-refractivity contribution in [3.63, 3.8) is 0 Å². The number of hydrogen-bond acceptors (Lipinski definition) is 3. The van der Waals surface area contributed by atoms with E-state index in [1.807, 2.05) is 13.8 Å². The molecule has 94 valence electrons. The van der Waals surface area contributed by atoms with E-state index in [0.29, 0.717) is 12.0 Å². The van der Waals surface area contributed by atoms with Crippen molar-refractivity contribution < 1.29 is 9.90 Å². The predicted molar refractivity (Wildman–Crippen MR) is 66.9 cm³/mol. The van der Waals surface area contributed by atoms with Crippen LogP contribution in [-0.2, 0) is 6.42 Å². The lowest BCUT2D eigenvalue weighted by atomic mass is 10.1. The highest BCUT2D eigenvalue weighted by Crippen LogP contribution is 2.08. The molecule has 0 bridgehead atoms. The lowest BCUT2D eigenvalue weighted by Crippen LogP contribution is -2.33. The molecule has 4 heteroatoms. The summed E-state index contributed by atoms with van der Waals surface area (Å²) < 4.78 is 0. The number of pyridine rings is 1. The largest absolute Gasteiger partial charge is 0.396 e. The van der Waals surface area contributed by atoms with Crippen LogP contribution in [0.15, 0.2) is 18.5 Å². The maximum Gasteiger partial charge on any atom is 0.251 e. The number of aliphatic hydroxyl groups is 1. The Morgan fingerprint density at radius 2 is 2.35 bits per heavy atom. The molecule has 1 rings (SSSR count). The first-order valence-corrected chi connectivity index (χ1v) is 6.03. The van der Waals surface area contributed by atoms with Gasteiger partial charge in [0, 0.05) is 30.6 Å². The Balaban J connectivity index is 2.63. The number of carbonyl (C=O) groups excluding carboxylic acids is 1. The zero-order chi connectivity index (χ0) is 12.7. The Labute approximate surface area is 102 Å². The average molecular weight is 236 g/mol. The minimum atomic E-state index is -0.0605. The van der Waals surface area contributed by atoms with E-state index in [2.05, 4.69) is 10.3 Å². The Bertz CT molecular complexity index is 366. The van der Waals surface area contributed by atoms with Crippen molar-refractivity contribution in [1.82, 2.24) is 10.3 Å². The van der Waals surface area contributed by atoms with Crippen molar-refractivity contribution in [1.29, 1.82) is 0 Å². The number of carbonyl (C=O) groups is 1. The molecule has 0 saturated carbocycles. The average Bonchev–Trinajstić information content (AvgIpc) is 2.36. The third-order valence-electron chi connectivity index (χ3n) is 2.70. The Morgan fingerprint density at radius 3 is 3.00 bits per heavy atom. The van der Waals surface area contributed by atoms with Gasteiger partial charge in [-0.15, -0.1) is 0 Å². The summed E-state index contributed by atoms with van der Waals surface area (Å²) in [6.45, 7) is 4.11. The van der Waals surface area contributed by atoms with Crippen LogP contribution in [0, 0.1) is 0 Å². The van der Waals surface area contributed by atoms with E-state index in [0.717, 1.165) is 18.4 Å². The van der Waals surface area contributed by atoms with Crippen molar-refractivity contribution in [2.75, 3.05) is 6.61 Å². The molecule has 0 aliphatic heterocycles. The van der Waals surface area contributed by atoms with Crippen molar-refractivity contribution in [3.8, 4) is 0 Å². The molecule has 2 N–H and O–H groups in total. The van der Waals surface area contributed by atoms with Gasteiger partial charge in [-0.25, -0.2) is 0 Å². The SMILES string of the molecule is CCc1cnccc1C(=O)NC(C)CCCO. The molecular formula is C13H20N2O2. The molecule has 0 aromatic carbocycles. The zero-order valence-corrected chi connectivity index (χ0v) is 10.4. The van der Waals surface area contributed by atoms with Crippen LogP contribution in [0.25, 0.3) is 0 Å². The number of nitrogens with one attached hydrogen (secondary N) is 1. The number of hydrogen-bond donors (Lipinski definition) is 2. The molecule has 1 aromatic rings. The first-order chi connectivity index (χ1) is 8.19. The monoisotopic (exact) mass is 236 g/mol. The summed E-state index contributed by atoms with van der Waals surface area (Å²) in [6, 6.07) is 1.82. The van der Waals surface area contributed by atoms with Gasteiger partial charge in [0.25, 0.3) is 5.91 Å². The summed E-state index contributed by atoms with van der Waals surface area (Å²) in [5.41, 5.74) is 1.65. The van der Waals surface area contributed by atoms with E-state index in [-0.39, 0.29) is 18.6 Å². The fraction of sp³-hybridized carbons (Fsp3) is 0.538. The molecule has 0 spiro atoms. The molecule has 17 heavy (non-hydrogen) atoms. The predicted octanol–water partition coefficient (Wildman–Crippen LogP) is 1.53. The first kappa shape index (κ1) is 13.6. The van der Waals surface area contributed by atoms with Crippen LogP contribution in [0.3, 0.4) is 0 Å². The lowest BCUT2D eigenvalue weighted by Gasteiger charge is -2.14. The molecule has 1 atom stereocenters.